The van der Waals surface area contributed by atoms with Crippen LogP contribution in [0.2, 0.25) is 0 Å². The third-order valence-corrected chi connectivity index (χ3v) is 5.53. The van der Waals surface area contributed by atoms with Gasteiger partial charge < -0.3 is 20.4 Å². The van der Waals surface area contributed by atoms with E-state index >= 15 is 0 Å². The van der Waals surface area contributed by atoms with Crippen LogP contribution in [0.5, 0.6) is 0 Å². The van der Waals surface area contributed by atoms with Crippen molar-refractivity contribution in [2.45, 2.75) is 44.4 Å². The van der Waals surface area contributed by atoms with Gasteiger partial charge in [-0.2, -0.15) is 0 Å². The van der Waals surface area contributed by atoms with E-state index in [1.165, 1.54) is 5.56 Å². The second-order valence-corrected chi connectivity index (χ2v) is 7.78. The van der Waals surface area contributed by atoms with Crippen molar-refractivity contribution >= 4 is 5.91 Å². The zero-order valence-electron chi connectivity index (χ0n) is 16.5. The average molecular weight is 383 g/mol. The van der Waals surface area contributed by atoms with Gasteiger partial charge in [0.2, 0.25) is 5.91 Å². The molecule has 0 saturated carbocycles. The van der Waals surface area contributed by atoms with Crippen molar-refractivity contribution in [2.75, 3.05) is 19.6 Å². The SMILES string of the molecule is Cc1ccc(CNC[C@@]2(O)CCN(C(=O)CCc3ccccc3)C[C@@H]2O)cc1. The summed E-state index contributed by atoms with van der Waals surface area (Å²) >= 11 is 0. The summed E-state index contributed by atoms with van der Waals surface area (Å²) in [5.41, 5.74) is 2.27. The van der Waals surface area contributed by atoms with Crippen LogP contribution in [0, 0.1) is 6.92 Å². The lowest BCUT2D eigenvalue weighted by atomic mass is 9.88. The number of piperidine rings is 1. The lowest BCUT2D eigenvalue weighted by Gasteiger charge is -2.42. The fourth-order valence-corrected chi connectivity index (χ4v) is 3.58. The quantitative estimate of drug-likeness (QED) is 0.685. The Morgan fingerprint density at radius 2 is 1.86 bits per heavy atom. The van der Waals surface area contributed by atoms with Gasteiger partial charge in [-0.15, -0.1) is 0 Å². The fourth-order valence-electron chi connectivity index (χ4n) is 3.58. The van der Waals surface area contributed by atoms with E-state index in [-0.39, 0.29) is 12.5 Å². The molecule has 2 aromatic carbocycles. The molecule has 0 unspecified atom stereocenters. The van der Waals surface area contributed by atoms with Gasteiger partial charge in [0.25, 0.3) is 0 Å². The molecule has 1 aliphatic rings. The molecule has 2 aromatic rings. The number of hydrogen-bond donors (Lipinski definition) is 3. The highest BCUT2D eigenvalue weighted by atomic mass is 16.3. The number of rotatable bonds is 7. The van der Waals surface area contributed by atoms with E-state index in [0.29, 0.717) is 38.9 Å². The zero-order chi connectivity index (χ0) is 20.0. The number of aryl methyl sites for hydroxylation is 2. The average Bonchev–Trinajstić information content (AvgIpc) is 2.71. The van der Waals surface area contributed by atoms with E-state index in [2.05, 4.69) is 29.6 Å². The summed E-state index contributed by atoms with van der Waals surface area (Å²) < 4.78 is 0. The third kappa shape index (κ3) is 5.41. The van der Waals surface area contributed by atoms with Crippen LogP contribution in [0.15, 0.2) is 54.6 Å². The van der Waals surface area contributed by atoms with Gasteiger partial charge in [0, 0.05) is 32.6 Å². The van der Waals surface area contributed by atoms with Crippen LogP contribution in [-0.4, -0.2) is 52.4 Å². The molecule has 5 nitrogen and oxygen atoms in total. The summed E-state index contributed by atoms with van der Waals surface area (Å²) in [6.07, 6.45) is 0.522. The van der Waals surface area contributed by atoms with E-state index < -0.39 is 11.7 Å². The first-order valence-corrected chi connectivity index (χ1v) is 9.95. The highest BCUT2D eigenvalue weighted by Crippen LogP contribution is 2.23. The smallest absolute Gasteiger partial charge is 0.222 e. The number of aliphatic hydroxyl groups excluding tert-OH is 1. The molecule has 1 aliphatic heterocycles. The number of benzene rings is 2. The fraction of sp³-hybridized carbons (Fsp3) is 0.435. The third-order valence-electron chi connectivity index (χ3n) is 5.53. The van der Waals surface area contributed by atoms with Gasteiger partial charge in [0.15, 0.2) is 0 Å². The number of amides is 1. The second kappa shape index (κ2) is 9.32. The predicted molar refractivity (Wildman–Crippen MR) is 110 cm³/mol. The normalized spacial score (nSPS) is 22.2. The van der Waals surface area contributed by atoms with Crippen LogP contribution in [0.3, 0.4) is 0 Å². The lowest BCUT2D eigenvalue weighted by molar-refractivity contribution is -0.148. The number of hydrogen-bond acceptors (Lipinski definition) is 4. The summed E-state index contributed by atoms with van der Waals surface area (Å²) in [5.74, 6) is 0.0255. The van der Waals surface area contributed by atoms with E-state index in [1.807, 2.05) is 37.3 Å². The maximum atomic E-state index is 12.5. The first kappa shape index (κ1) is 20.5. The molecule has 28 heavy (non-hydrogen) atoms. The van der Waals surface area contributed by atoms with E-state index in [9.17, 15) is 15.0 Å². The lowest BCUT2D eigenvalue weighted by Crippen LogP contribution is -2.60. The molecule has 0 spiro atoms. The van der Waals surface area contributed by atoms with Gasteiger partial charge in [0.05, 0.1) is 0 Å². The van der Waals surface area contributed by atoms with E-state index in [1.54, 1.807) is 4.90 Å². The van der Waals surface area contributed by atoms with Crippen LogP contribution in [0.1, 0.15) is 29.5 Å². The minimum atomic E-state index is -1.21. The molecule has 1 amide bonds. The summed E-state index contributed by atoms with van der Waals surface area (Å²) in [7, 11) is 0. The van der Waals surface area contributed by atoms with Crippen LogP contribution in [0.25, 0.3) is 0 Å². The van der Waals surface area contributed by atoms with Gasteiger partial charge in [-0.1, -0.05) is 60.2 Å². The molecule has 1 fully saturated rings. The Bertz CT molecular complexity index is 763. The Morgan fingerprint density at radius 3 is 2.54 bits per heavy atom. The topological polar surface area (TPSA) is 72.8 Å². The monoisotopic (exact) mass is 382 g/mol. The summed E-state index contributed by atoms with van der Waals surface area (Å²) in [5, 5.41) is 24.5. The molecule has 1 heterocycles. The summed E-state index contributed by atoms with van der Waals surface area (Å²) in [4.78, 5) is 14.1. The highest BCUT2D eigenvalue weighted by molar-refractivity contribution is 5.76. The number of nitrogens with one attached hydrogen (secondary N) is 1. The van der Waals surface area contributed by atoms with E-state index in [0.717, 1.165) is 11.1 Å². The van der Waals surface area contributed by atoms with Gasteiger partial charge >= 0.3 is 0 Å². The molecule has 0 aromatic heterocycles. The minimum Gasteiger partial charge on any atom is -0.388 e. The number of carbonyl (C=O) groups excluding carboxylic acids is 1. The second-order valence-electron chi connectivity index (χ2n) is 7.78. The van der Waals surface area contributed by atoms with Crippen molar-refractivity contribution in [3.63, 3.8) is 0 Å². The van der Waals surface area contributed by atoms with Crippen molar-refractivity contribution in [3.05, 3.63) is 71.3 Å². The number of β-amino-alcohol motifs (C(OH)–C–C–N with tert-alkyl or cyclic N) is 1. The molecule has 5 heteroatoms. The minimum absolute atomic E-state index is 0.0255. The Balaban J connectivity index is 1.45. The van der Waals surface area contributed by atoms with Crippen LogP contribution in [-0.2, 0) is 17.8 Å². The maximum Gasteiger partial charge on any atom is 0.222 e. The van der Waals surface area contributed by atoms with E-state index in [4.69, 9.17) is 0 Å². The van der Waals surface area contributed by atoms with Crippen LogP contribution in [0.4, 0.5) is 0 Å². The van der Waals surface area contributed by atoms with Gasteiger partial charge in [-0.05, 0) is 30.9 Å². The number of likely N-dealkylation sites (tertiary alicyclic amines) is 1. The molecule has 1 saturated heterocycles. The molecular formula is C23H30N2O3. The van der Waals surface area contributed by atoms with Crippen LogP contribution >= 0.6 is 0 Å². The first-order valence-electron chi connectivity index (χ1n) is 9.95. The predicted octanol–water partition coefficient (Wildman–Crippen LogP) is 2.04. The molecule has 0 aliphatic carbocycles. The summed E-state index contributed by atoms with van der Waals surface area (Å²) in [6.45, 7) is 3.62. The van der Waals surface area contributed by atoms with Crippen LogP contribution < -0.4 is 5.32 Å². The molecule has 2 atom stereocenters. The van der Waals surface area contributed by atoms with Crippen molar-refractivity contribution in [2.24, 2.45) is 0 Å². The number of aliphatic hydroxyl groups is 2. The Labute approximate surface area is 167 Å². The maximum absolute atomic E-state index is 12.5. The Hall–Kier alpha value is -2.21. The number of nitrogens with zero attached hydrogens (tertiary/aromatic N) is 1. The van der Waals surface area contributed by atoms with Gasteiger partial charge in [0.1, 0.15) is 11.7 Å². The highest BCUT2D eigenvalue weighted by Gasteiger charge is 2.41. The molecule has 150 valence electrons. The molecule has 0 bridgehead atoms. The van der Waals surface area contributed by atoms with Crippen molar-refractivity contribution in [3.8, 4) is 0 Å². The van der Waals surface area contributed by atoms with Crippen molar-refractivity contribution in [1.29, 1.82) is 0 Å². The summed E-state index contributed by atoms with van der Waals surface area (Å²) in [6, 6.07) is 18.1. The van der Waals surface area contributed by atoms with Gasteiger partial charge in [-0.25, -0.2) is 0 Å². The number of carbonyl (C=O) groups is 1. The Morgan fingerprint density at radius 1 is 1.14 bits per heavy atom. The van der Waals surface area contributed by atoms with Gasteiger partial charge in [-0.3, -0.25) is 4.79 Å². The Kier molecular flexibility index (Phi) is 6.83. The molecule has 3 N–H and O–H groups in total. The van der Waals surface area contributed by atoms with Crippen molar-refractivity contribution in [1.82, 2.24) is 10.2 Å². The zero-order valence-corrected chi connectivity index (χ0v) is 16.5. The molecule has 3 rings (SSSR count). The molecule has 0 radical (unpaired) electrons. The van der Waals surface area contributed by atoms with Crippen molar-refractivity contribution < 1.29 is 15.0 Å². The largest absolute Gasteiger partial charge is 0.388 e. The molecular weight excluding hydrogens is 352 g/mol. The first-order chi connectivity index (χ1) is 13.5. The standard InChI is InChI=1S/C23H30N2O3/c1-18-7-9-20(10-8-18)15-24-17-23(28)13-14-25(16-21(23)26)22(27)12-11-19-5-3-2-4-6-19/h2-10,21,24,26,28H,11-17H2,1H3/t21-,23-/m0/s1.